The van der Waals surface area contributed by atoms with Crippen LogP contribution in [-0.4, -0.2) is 23.2 Å². The van der Waals surface area contributed by atoms with E-state index >= 15 is 0 Å². The summed E-state index contributed by atoms with van der Waals surface area (Å²) in [7, 11) is 0. The van der Waals surface area contributed by atoms with E-state index in [9.17, 15) is 9.59 Å². The number of carbonyl (C=O) groups excluding carboxylic acids is 2. The van der Waals surface area contributed by atoms with E-state index in [1.807, 2.05) is 0 Å². The number of hydrogen-bond acceptors (Lipinski definition) is 3. The molecule has 4 aliphatic carbocycles. The van der Waals surface area contributed by atoms with Crippen LogP contribution in [0.25, 0.3) is 0 Å². The molecule has 4 aliphatic rings. The van der Waals surface area contributed by atoms with Crippen molar-refractivity contribution in [2.24, 2.45) is 34.5 Å². The second-order valence-electron chi connectivity index (χ2n) is 10.1. The number of rotatable bonds is 2. The Morgan fingerprint density at radius 2 is 1.89 bits per heavy atom. The Morgan fingerprint density at radius 3 is 2.56 bits per heavy atom. The SMILES string of the molecule is CC(=O)O[C@@H]1CC[C@@]2(C)C(=CC[C@@H]3[C@@H]4C[C@H](Cl)[C@H](C(C)=O)[C@@]4(C)CC[C@@H]32)C1. The fourth-order valence-corrected chi connectivity index (χ4v) is 8.31. The molecule has 27 heavy (non-hydrogen) atoms. The van der Waals surface area contributed by atoms with Crippen molar-refractivity contribution in [3.05, 3.63) is 11.6 Å². The van der Waals surface area contributed by atoms with Crippen molar-refractivity contribution in [3.8, 4) is 0 Å². The predicted octanol–water partition coefficient (Wildman–Crippen LogP) is 5.30. The van der Waals surface area contributed by atoms with Crippen molar-refractivity contribution in [2.75, 3.05) is 0 Å². The average molecular weight is 393 g/mol. The molecule has 3 nitrogen and oxygen atoms in total. The Hall–Kier alpha value is -0.830. The average Bonchev–Trinajstić information content (AvgIpc) is 2.85. The Balaban J connectivity index is 1.61. The first-order valence-electron chi connectivity index (χ1n) is 10.7. The largest absolute Gasteiger partial charge is 0.462 e. The highest BCUT2D eigenvalue weighted by molar-refractivity contribution is 6.22. The summed E-state index contributed by atoms with van der Waals surface area (Å²) in [6, 6.07) is 0. The molecule has 8 atom stereocenters. The molecule has 0 bridgehead atoms. The van der Waals surface area contributed by atoms with Gasteiger partial charge in [0.25, 0.3) is 0 Å². The molecule has 0 aliphatic heterocycles. The highest BCUT2D eigenvalue weighted by atomic mass is 35.5. The van der Waals surface area contributed by atoms with Crippen LogP contribution in [0.5, 0.6) is 0 Å². The third-order valence-corrected chi connectivity index (χ3v) is 9.25. The molecule has 150 valence electrons. The maximum atomic E-state index is 12.4. The highest BCUT2D eigenvalue weighted by Gasteiger charge is 2.61. The minimum Gasteiger partial charge on any atom is -0.462 e. The summed E-state index contributed by atoms with van der Waals surface area (Å²) in [5.41, 5.74) is 1.79. The third-order valence-electron chi connectivity index (χ3n) is 8.82. The number of hydrogen-bond donors (Lipinski definition) is 0. The molecule has 0 N–H and O–H groups in total. The van der Waals surface area contributed by atoms with E-state index in [-0.39, 0.29) is 40.0 Å². The molecule has 0 heterocycles. The van der Waals surface area contributed by atoms with E-state index in [0.29, 0.717) is 17.8 Å². The topological polar surface area (TPSA) is 43.4 Å². The molecular formula is C23H33ClO3. The van der Waals surface area contributed by atoms with Gasteiger partial charge in [-0.25, -0.2) is 0 Å². The zero-order chi connectivity index (χ0) is 19.6. The van der Waals surface area contributed by atoms with Gasteiger partial charge in [-0.3, -0.25) is 9.59 Å². The Labute approximate surface area is 168 Å². The molecule has 3 fully saturated rings. The van der Waals surface area contributed by atoms with Crippen LogP contribution in [-0.2, 0) is 14.3 Å². The molecule has 4 heteroatoms. The van der Waals surface area contributed by atoms with Crippen molar-refractivity contribution < 1.29 is 14.3 Å². The van der Waals surface area contributed by atoms with Crippen molar-refractivity contribution in [1.29, 1.82) is 0 Å². The molecule has 4 rings (SSSR count). The van der Waals surface area contributed by atoms with Crippen LogP contribution in [0, 0.1) is 34.5 Å². The number of allylic oxidation sites excluding steroid dienone is 1. The summed E-state index contributed by atoms with van der Waals surface area (Å²) in [6.45, 7) is 8.02. The van der Waals surface area contributed by atoms with Crippen LogP contribution in [0.1, 0.15) is 72.6 Å². The Kier molecular flexibility index (Phi) is 4.77. The summed E-state index contributed by atoms with van der Waals surface area (Å²) < 4.78 is 5.53. The third kappa shape index (κ3) is 2.91. The lowest BCUT2D eigenvalue weighted by Gasteiger charge is -2.57. The first-order chi connectivity index (χ1) is 12.7. The van der Waals surface area contributed by atoms with E-state index in [0.717, 1.165) is 38.5 Å². The number of carbonyl (C=O) groups is 2. The first kappa shape index (κ1) is 19.5. The summed E-state index contributed by atoms with van der Waals surface area (Å²) in [5.74, 6) is 1.98. The van der Waals surface area contributed by atoms with Crippen LogP contribution < -0.4 is 0 Å². The highest BCUT2D eigenvalue weighted by Crippen LogP contribution is 2.67. The molecule has 0 amide bonds. The smallest absolute Gasteiger partial charge is 0.302 e. The second-order valence-corrected chi connectivity index (χ2v) is 10.7. The van der Waals surface area contributed by atoms with Gasteiger partial charge in [0.15, 0.2) is 0 Å². The minimum absolute atomic E-state index is 0.00543. The van der Waals surface area contributed by atoms with Gasteiger partial charge in [-0.1, -0.05) is 25.5 Å². The van der Waals surface area contributed by atoms with Gasteiger partial charge in [-0.05, 0) is 74.0 Å². The van der Waals surface area contributed by atoms with E-state index in [2.05, 4.69) is 19.9 Å². The zero-order valence-corrected chi connectivity index (χ0v) is 17.8. The summed E-state index contributed by atoms with van der Waals surface area (Å²) >= 11 is 6.72. The number of ether oxygens (including phenoxy) is 1. The molecular weight excluding hydrogens is 360 g/mol. The number of fused-ring (bicyclic) bond motifs is 5. The van der Waals surface area contributed by atoms with Gasteiger partial charge in [0.05, 0.1) is 0 Å². The van der Waals surface area contributed by atoms with Crippen molar-refractivity contribution >= 4 is 23.4 Å². The lowest BCUT2D eigenvalue weighted by atomic mass is 9.47. The van der Waals surface area contributed by atoms with Crippen LogP contribution in [0.2, 0.25) is 0 Å². The standard InChI is InChI=1S/C23H33ClO3/c1-13(25)21-20(24)12-19-17-6-5-15-11-16(27-14(2)26)7-9-22(15,3)18(17)8-10-23(19,21)4/h5,16-21H,6-12H2,1-4H3/t16-,17+,18+,19+,20+,21+,22+,23+/m1/s1. The molecule has 0 aromatic heterocycles. The molecule has 0 spiro atoms. The molecule has 0 unspecified atom stereocenters. The zero-order valence-electron chi connectivity index (χ0n) is 17.1. The van der Waals surface area contributed by atoms with Gasteiger partial charge < -0.3 is 4.74 Å². The maximum absolute atomic E-state index is 12.4. The Morgan fingerprint density at radius 1 is 1.15 bits per heavy atom. The van der Waals surface area contributed by atoms with E-state index in [4.69, 9.17) is 16.3 Å². The van der Waals surface area contributed by atoms with E-state index in [1.165, 1.54) is 18.9 Å². The Bertz CT molecular complexity index is 685. The van der Waals surface area contributed by atoms with Gasteiger partial charge in [-0.15, -0.1) is 11.6 Å². The number of halogens is 1. The number of alkyl halides is 1. The first-order valence-corrected chi connectivity index (χ1v) is 11.1. The van der Waals surface area contributed by atoms with Crippen molar-refractivity contribution in [2.45, 2.75) is 84.1 Å². The van der Waals surface area contributed by atoms with E-state index in [1.54, 1.807) is 6.92 Å². The summed E-state index contributed by atoms with van der Waals surface area (Å²) in [5, 5.41) is -0.00543. The van der Waals surface area contributed by atoms with Gasteiger partial charge >= 0.3 is 5.97 Å². The molecule has 3 saturated carbocycles. The fraction of sp³-hybridized carbons (Fsp3) is 0.826. The van der Waals surface area contributed by atoms with Crippen LogP contribution >= 0.6 is 11.6 Å². The van der Waals surface area contributed by atoms with Gasteiger partial charge in [0.2, 0.25) is 0 Å². The minimum atomic E-state index is -0.166. The normalized spacial score (nSPS) is 48.7. The lowest BCUT2D eigenvalue weighted by Crippen LogP contribution is -2.51. The number of Topliss-reactive ketones (excluding diaryl/α,β-unsaturated/α-hetero) is 1. The number of ketones is 1. The predicted molar refractivity (Wildman–Crippen MR) is 106 cm³/mol. The summed E-state index contributed by atoms with van der Waals surface area (Å²) in [4.78, 5) is 23.7. The van der Waals surface area contributed by atoms with Gasteiger partial charge in [-0.2, -0.15) is 0 Å². The maximum Gasteiger partial charge on any atom is 0.302 e. The van der Waals surface area contributed by atoms with Crippen molar-refractivity contribution in [1.82, 2.24) is 0 Å². The van der Waals surface area contributed by atoms with Crippen molar-refractivity contribution in [3.63, 3.8) is 0 Å². The molecule has 0 saturated heterocycles. The van der Waals surface area contributed by atoms with E-state index < -0.39 is 0 Å². The van der Waals surface area contributed by atoms with Gasteiger partial charge in [0.1, 0.15) is 11.9 Å². The summed E-state index contributed by atoms with van der Waals surface area (Å²) in [6.07, 6.45) is 9.85. The van der Waals surface area contributed by atoms with Crippen LogP contribution in [0.3, 0.4) is 0 Å². The van der Waals surface area contributed by atoms with Crippen LogP contribution in [0.4, 0.5) is 0 Å². The van der Waals surface area contributed by atoms with Crippen LogP contribution in [0.15, 0.2) is 11.6 Å². The lowest BCUT2D eigenvalue weighted by molar-refractivity contribution is -0.149. The molecule has 0 aromatic carbocycles. The fourth-order valence-electron chi connectivity index (χ4n) is 7.65. The second kappa shape index (κ2) is 6.61. The molecule has 0 radical (unpaired) electrons. The van der Waals surface area contributed by atoms with Gasteiger partial charge in [0, 0.05) is 24.6 Å². The number of esters is 1. The monoisotopic (exact) mass is 392 g/mol. The molecule has 0 aromatic rings. The quantitative estimate of drug-likeness (QED) is 0.363.